The number of rotatable bonds is 6. The van der Waals surface area contributed by atoms with Gasteiger partial charge < -0.3 is 9.47 Å². The first-order valence-corrected chi connectivity index (χ1v) is 9.04. The van der Waals surface area contributed by atoms with Gasteiger partial charge >= 0.3 is 6.18 Å². The van der Waals surface area contributed by atoms with E-state index in [0.29, 0.717) is 5.75 Å². The molecule has 2 amide bonds. The van der Waals surface area contributed by atoms with Gasteiger partial charge in [0.1, 0.15) is 10.8 Å². The first-order valence-electron chi connectivity index (χ1n) is 8.66. The van der Waals surface area contributed by atoms with Crippen LogP contribution in [0.3, 0.4) is 0 Å². The lowest BCUT2D eigenvalue weighted by Crippen LogP contribution is -2.47. The van der Waals surface area contributed by atoms with Crippen molar-refractivity contribution in [1.29, 1.82) is 0 Å². The van der Waals surface area contributed by atoms with Gasteiger partial charge in [0.2, 0.25) is 5.88 Å². The van der Waals surface area contributed by atoms with Crippen LogP contribution >= 0.6 is 11.6 Å². The minimum Gasteiger partial charge on any atom is -0.481 e. The lowest BCUT2D eigenvalue weighted by Gasteiger charge is -2.17. The molecule has 0 aliphatic heterocycles. The number of aryl methyl sites for hydroxylation is 1. The van der Waals surface area contributed by atoms with Gasteiger partial charge in [-0.1, -0.05) is 23.7 Å². The summed E-state index contributed by atoms with van der Waals surface area (Å²) in [5, 5.41) is -0.287. The molecule has 0 saturated heterocycles. The summed E-state index contributed by atoms with van der Waals surface area (Å²) in [4.78, 5) is 27.9. The highest BCUT2D eigenvalue weighted by Gasteiger charge is 2.29. The average molecular weight is 446 g/mol. The van der Waals surface area contributed by atoms with E-state index in [-0.39, 0.29) is 10.6 Å². The number of carbonyl (C=O) groups excluding carboxylic acids is 2. The van der Waals surface area contributed by atoms with E-state index < -0.39 is 36.6 Å². The highest BCUT2D eigenvalue weighted by molar-refractivity contribution is 6.32. The van der Waals surface area contributed by atoms with Gasteiger partial charge in [0.05, 0.1) is 5.56 Å². The molecule has 0 fully saturated rings. The molecule has 1 aromatic carbocycles. The van der Waals surface area contributed by atoms with E-state index in [0.717, 1.165) is 23.4 Å². The standard InChI is InChI=1S/C19H19ClF3N3O4/c1-10-5-4-6-15(11(10)2)30-12(3)16(27)25-26-17(28)13-7-14(20)18(24-8-13)29-9-19(21,22)23/h4-8,12H,9H2,1-3H3,(H,25,27)(H,26,28). The summed E-state index contributed by atoms with van der Waals surface area (Å²) in [6.07, 6.45) is -4.50. The molecule has 0 radical (unpaired) electrons. The van der Waals surface area contributed by atoms with E-state index in [1.165, 1.54) is 6.92 Å². The van der Waals surface area contributed by atoms with Gasteiger partial charge in [-0.25, -0.2) is 4.98 Å². The zero-order chi connectivity index (χ0) is 22.5. The van der Waals surface area contributed by atoms with Gasteiger partial charge in [-0.3, -0.25) is 20.4 Å². The van der Waals surface area contributed by atoms with Crippen molar-refractivity contribution in [3.63, 3.8) is 0 Å². The van der Waals surface area contributed by atoms with Crippen molar-refractivity contribution in [2.24, 2.45) is 0 Å². The predicted molar refractivity (Wildman–Crippen MR) is 102 cm³/mol. The number of carbonyl (C=O) groups is 2. The number of aromatic nitrogens is 1. The molecule has 2 aromatic rings. The number of hydrazine groups is 1. The van der Waals surface area contributed by atoms with Crippen LogP contribution in [0.1, 0.15) is 28.4 Å². The fourth-order valence-corrected chi connectivity index (χ4v) is 2.41. The summed E-state index contributed by atoms with van der Waals surface area (Å²) in [7, 11) is 0. The summed E-state index contributed by atoms with van der Waals surface area (Å²) in [5.74, 6) is -1.33. The second-order valence-electron chi connectivity index (χ2n) is 6.32. The molecule has 11 heteroatoms. The molecular formula is C19H19ClF3N3O4. The Morgan fingerprint density at radius 2 is 1.93 bits per heavy atom. The minimum atomic E-state index is -4.55. The van der Waals surface area contributed by atoms with Gasteiger partial charge in [-0.05, 0) is 44.0 Å². The summed E-state index contributed by atoms with van der Waals surface area (Å²) < 4.78 is 46.6. The van der Waals surface area contributed by atoms with Crippen molar-refractivity contribution in [2.75, 3.05) is 6.61 Å². The second-order valence-corrected chi connectivity index (χ2v) is 6.72. The lowest BCUT2D eigenvalue weighted by atomic mass is 10.1. The number of alkyl halides is 3. The molecule has 2 N–H and O–H groups in total. The van der Waals surface area contributed by atoms with Crippen LogP contribution < -0.4 is 20.3 Å². The molecule has 0 aliphatic carbocycles. The topological polar surface area (TPSA) is 89.6 Å². The summed E-state index contributed by atoms with van der Waals surface area (Å²) >= 11 is 5.79. The third kappa shape index (κ3) is 6.51. The van der Waals surface area contributed by atoms with E-state index in [1.807, 2.05) is 19.9 Å². The Bertz CT molecular complexity index is 938. The van der Waals surface area contributed by atoms with Crippen molar-refractivity contribution in [1.82, 2.24) is 15.8 Å². The average Bonchev–Trinajstić information content (AvgIpc) is 2.67. The Morgan fingerprint density at radius 1 is 1.23 bits per heavy atom. The van der Waals surface area contributed by atoms with Crippen LogP contribution in [0.2, 0.25) is 5.02 Å². The molecule has 2 rings (SSSR count). The quantitative estimate of drug-likeness (QED) is 0.664. The Kier molecular flexibility index (Phi) is 7.49. The molecule has 0 aliphatic rings. The highest BCUT2D eigenvalue weighted by atomic mass is 35.5. The van der Waals surface area contributed by atoms with Crippen LogP contribution in [0.15, 0.2) is 30.5 Å². The predicted octanol–water partition coefficient (Wildman–Crippen LogP) is 3.52. The Morgan fingerprint density at radius 3 is 2.57 bits per heavy atom. The normalized spacial score (nSPS) is 12.1. The van der Waals surface area contributed by atoms with E-state index in [4.69, 9.17) is 16.3 Å². The third-order valence-corrected chi connectivity index (χ3v) is 4.24. The molecule has 0 saturated carbocycles. The maximum Gasteiger partial charge on any atom is 0.422 e. The van der Waals surface area contributed by atoms with Crippen molar-refractivity contribution in [3.8, 4) is 11.6 Å². The maximum absolute atomic E-state index is 12.2. The van der Waals surface area contributed by atoms with Gasteiger partial charge in [-0.15, -0.1) is 0 Å². The Hall–Kier alpha value is -3.01. The number of pyridine rings is 1. The largest absolute Gasteiger partial charge is 0.481 e. The number of amides is 2. The molecule has 1 unspecified atom stereocenters. The number of hydrogen-bond donors (Lipinski definition) is 2. The second kappa shape index (κ2) is 9.66. The van der Waals surface area contributed by atoms with Crippen LogP contribution in [0.4, 0.5) is 13.2 Å². The van der Waals surface area contributed by atoms with E-state index in [9.17, 15) is 22.8 Å². The van der Waals surface area contributed by atoms with Crippen LogP contribution in [-0.2, 0) is 4.79 Å². The molecule has 0 bridgehead atoms. The number of hydrogen-bond acceptors (Lipinski definition) is 5. The van der Waals surface area contributed by atoms with Gasteiger partial charge in [0.15, 0.2) is 12.7 Å². The maximum atomic E-state index is 12.2. The Labute approximate surface area is 175 Å². The fourth-order valence-electron chi connectivity index (χ4n) is 2.19. The molecule has 1 aromatic heterocycles. The molecule has 162 valence electrons. The molecule has 30 heavy (non-hydrogen) atoms. The summed E-state index contributed by atoms with van der Waals surface area (Å²) in [6, 6.07) is 6.49. The summed E-state index contributed by atoms with van der Waals surface area (Å²) in [5.41, 5.74) is 6.15. The van der Waals surface area contributed by atoms with Crippen molar-refractivity contribution < 1.29 is 32.2 Å². The lowest BCUT2D eigenvalue weighted by molar-refractivity contribution is -0.154. The number of nitrogens with one attached hydrogen (secondary N) is 2. The smallest absolute Gasteiger partial charge is 0.422 e. The third-order valence-electron chi connectivity index (χ3n) is 3.97. The fraction of sp³-hybridized carbons (Fsp3) is 0.316. The zero-order valence-corrected chi connectivity index (χ0v) is 17.0. The minimum absolute atomic E-state index is 0.0947. The monoisotopic (exact) mass is 445 g/mol. The number of ether oxygens (including phenoxy) is 2. The SMILES string of the molecule is Cc1cccc(OC(C)C(=O)NNC(=O)c2cnc(OCC(F)(F)F)c(Cl)c2)c1C. The summed E-state index contributed by atoms with van der Waals surface area (Å²) in [6.45, 7) is 3.70. The Balaban J connectivity index is 1.92. The number of halogens is 4. The van der Waals surface area contributed by atoms with Gasteiger partial charge in [0, 0.05) is 6.20 Å². The van der Waals surface area contributed by atoms with Gasteiger partial charge in [-0.2, -0.15) is 13.2 Å². The van der Waals surface area contributed by atoms with Crippen LogP contribution in [0.5, 0.6) is 11.6 Å². The van der Waals surface area contributed by atoms with Gasteiger partial charge in [0.25, 0.3) is 11.8 Å². The number of benzene rings is 1. The number of nitrogens with zero attached hydrogens (tertiary/aromatic N) is 1. The molecular weight excluding hydrogens is 427 g/mol. The molecule has 1 atom stereocenters. The van der Waals surface area contributed by atoms with Crippen molar-refractivity contribution in [3.05, 3.63) is 52.2 Å². The van der Waals surface area contributed by atoms with E-state index >= 15 is 0 Å². The van der Waals surface area contributed by atoms with Crippen LogP contribution in [0.25, 0.3) is 0 Å². The molecule has 7 nitrogen and oxygen atoms in total. The van der Waals surface area contributed by atoms with Crippen LogP contribution in [0, 0.1) is 13.8 Å². The highest BCUT2D eigenvalue weighted by Crippen LogP contribution is 2.25. The van der Waals surface area contributed by atoms with Crippen LogP contribution in [-0.4, -0.2) is 35.7 Å². The van der Waals surface area contributed by atoms with E-state index in [2.05, 4.69) is 20.6 Å². The van der Waals surface area contributed by atoms with E-state index in [1.54, 1.807) is 12.1 Å². The first kappa shape index (κ1) is 23.3. The molecule has 0 spiro atoms. The first-order chi connectivity index (χ1) is 14.0. The molecule has 1 heterocycles. The van der Waals surface area contributed by atoms with Crippen molar-refractivity contribution >= 4 is 23.4 Å². The van der Waals surface area contributed by atoms with Crippen molar-refractivity contribution in [2.45, 2.75) is 33.1 Å². The zero-order valence-electron chi connectivity index (χ0n) is 16.3.